The standard InChI is InChI=1S/C7H15N3OS2/c8-7(9)10-2-4-13-5-6(11)1-3-12/h12H,1-5H2,(H4,8,9,10). The Hall–Kier alpha value is -0.360. The van der Waals surface area contributed by atoms with Crippen molar-refractivity contribution in [2.24, 2.45) is 16.5 Å². The number of hydrogen-bond donors (Lipinski definition) is 3. The molecule has 0 atom stereocenters. The van der Waals surface area contributed by atoms with E-state index in [1.54, 1.807) is 11.8 Å². The lowest BCUT2D eigenvalue weighted by Crippen LogP contribution is -2.23. The van der Waals surface area contributed by atoms with Gasteiger partial charge in [0, 0.05) is 12.2 Å². The van der Waals surface area contributed by atoms with Gasteiger partial charge in [-0.3, -0.25) is 9.79 Å². The summed E-state index contributed by atoms with van der Waals surface area (Å²) in [4.78, 5) is 14.8. The lowest BCUT2D eigenvalue weighted by Gasteiger charge is -1.97. The molecule has 6 heteroatoms. The van der Waals surface area contributed by atoms with E-state index >= 15 is 0 Å². The molecular formula is C7H15N3OS2. The van der Waals surface area contributed by atoms with Crippen LogP contribution >= 0.6 is 24.4 Å². The van der Waals surface area contributed by atoms with Gasteiger partial charge in [-0.25, -0.2) is 0 Å². The minimum Gasteiger partial charge on any atom is -0.370 e. The van der Waals surface area contributed by atoms with Crippen molar-refractivity contribution < 1.29 is 4.79 Å². The summed E-state index contributed by atoms with van der Waals surface area (Å²) in [6, 6.07) is 0. The first-order chi connectivity index (χ1) is 6.16. The fourth-order valence-corrected chi connectivity index (χ4v) is 1.61. The van der Waals surface area contributed by atoms with Crippen LogP contribution in [0.5, 0.6) is 0 Å². The molecule has 0 amide bonds. The van der Waals surface area contributed by atoms with E-state index in [9.17, 15) is 4.79 Å². The Kier molecular flexibility index (Phi) is 8.02. The molecule has 0 saturated carbocycles. The Labute approximate surface area is 87.9 Å². The highest BCUT2D eigenvalue weighted by Gasteiger charge is 1.99. The number of thiol groups is 1. The van der Waals surface area contributed by atoms with Crippen molar-refractivity contribution in [1.29, 1.82) is 0 Å². The van der Waals surface area contributed by atoms with Gasteiger partial charge in [-0.2, -0.15) is 24.4 Å². The molecule has 0 aromatic heterocycles. The number of rotatable bonds is 7. The average molecular weight is 221 g/mol. The smallest absolute Gasteiger partial charge is 0.185 e. The van der Waals surface area contributed by atoms with Crippen LogP contribution < -0.4 is 11.5 Å². The molecule has 0 unspecified atom stereocenters. The Morgan fingerprint density at radius 2 is 2.15 bits per heavy atom. The van der Waals surface area contributed by atoms with E-state index in [-0.39, 0.29) is 11.7 Å². The van der Waals surface area contributed by atoms with Crippen LogP contribution in [0.4, 0.5) is 0 Å². The second-order valence-electron chi connectivity index (χ2n) is 2.37. The summed E-state index contributed by atoms with van der Waals surface area (Å²) in [5.74, 6) is 2.25. The monoisotopic (exact) mass is 221 g/mol. The highest BCUT2D eigenvalue weighted by Crippen LogP contribution is 2.01. The molecular weight excluding hydrogens is 206 g/mol. The maximum absolute atomic E-state index is 11.0. The molecule has 0 aliphatic rings. The number of thioether (sulfide) groups is 1. The van der Waals surface area contributed by atoms with Gasteiger partial charge >= 0.3 is 0 Å². The fraction of sp³-hybridized carbons (Fsp3) is 0.714. The third kappa shape index (κ3) is 9.55. The highest BCUT2D eigenvalue weighted by molar-refractivity contribution is 7.99. The molecule has 4 N–H and O–H groups in total. The van der Waals surface area contributed by atoms with Crippen LogP contribution in [0.3, 0.4) is 0 Å². The van der Waals surface area contributed by atoms with Crippen LogP contribution in [0.15, 0.2) is 4.99 Å². The molecule has 0 spiro atoms. The lowest BCUT2D eigenvalue weighted by atomic mass is 10.3. The Bertz CT molecular complexity index is 181. The number of hydrogen-bond acceptors (Lipinski definition) is 4. The van der Waals surface area contributed by atoms with Crippen LogP contribution in [-0.4, -0.2) is 35.5 Å². The number of ketones is 1. The molecule has 0 aliphatic carbocycles. The number of nitrogens with zero attached hydrogens (tertiary/aromatic N) is 1. The van der Waals surface area contributed by atoms with Gasteiger partial charge < -0.3 is 11.5 Å². The van der Waals surface area contributed by atoms with Gasteiger partial charge in [0.05, 0.1) is 12.3 Å². The van der Waals surface area contributed by atoms with Crippen molar-refractivity contribution in [3.05, 3.63) is 0 Å². The number of guanidine groups is 1. The highest BCUT2D eigenvalue weighted by atomic mass is 32.2. The van der Waals surface area contributed by atoms with Crippen LogP contribution in [0.1, 0.15) is 6.42 Å². The van der Waals surface area contributed by atoms with Crippen molar-refractivity contribution in [2.45, 2.75) is 6.42 Å². The Balaban J connectivity index is 3.26. The van der Waals surface area contributed by atoms with Crippen molar-refractivity contribution in [1.82, 2.24) is 0 Å². The molecule has 76 valence electrons. The summed E-state index contributed by atoms with van der Waals surface area (Å²) in [7, 11) is 0. The third-order valence-corrected chi connectivity index (χ3v) is 2.40. The molecule has 0 aliphatic heterocycles. The summed E-state index contributed by atoms with van der Waals surface area (Å²) in [6.45, 7) is 0.571. The fourth-order valence-electron chi connectivity index (χ4n) is 0.622. The quantitative estimate of drug-likeness (QED) is 0.242. The molecule has 4 nitrogen and oxygen atoms in total. The van der Waals surface area contributed by atoms with E-state index in [4.69, 9.17) is 11.5 Å². The summed E-state index contributed by atoms with van der Waals surface area (Å²) >= 11 is 5.51. The van der Waals surface area contributed by atoms with E-state index in [0.717, 1.165) is 5.75 Å². The molecule has 0 aromatic rings. The first-order valence-corrected chi connectivity index (χ1v) is 5.71. The number of carbonyl (C=O) groups is 1. The molecule has 0 heterocycles. The maximum Gasteiger partial charge on any atom is 0.185 e. The maximum atomic E-state index is 11.0. The van der Waals surface area contributed by atoms with Gasteiger partial charge in [0.1, 0.15) is 5.78 Å². The zero-order chi connectivity index (χ0) is 10.1. The molecule has 0 rings (SSSR count). The summed E-state index contributed by atoms with van der Waals surface area (Å²) in [5.41, 5.74) is 10.2. The van der Waals surface area contributed by atoms with Gasteiger partial charge in [0.15, 0.2) is 5.96 Å². The van der Waals surface area contributed by atoms with Crippen molar-refractivity contribution >= 4 is 36.1 Å². The predicted octanol–water partition coefficient (Wildman–Crippen LogP) is -0.118. The molecule has 0 saturated heterocycles. The van der Waals surface area contributed by atoms with E-state index in [0.29, 0.717) is 24.5 Å². The summed E-state index contributed by atoms with van der Waals surface area (Å²) in [6.07, 6.45) is 0.540. The van der Waals surface area contributed by atoms with Gasteiger partial charge in [0.2, 0.25) is 0 Å². The van der Waals surface area contributed by atoms with Crippen molar-refractivity contribution in [3.63, 3.8) is 0 Å². The van der Waals surface area contributed by atoms with Gasteiger partial charge in [-0.1, -0.05) is 0 Å². The number of nitrogens with two attached hydrogens (primary N) is 2. The molecule has 13 heavy (non-hydrogen) atoms. The first kappa shape index (κ1) is 12.6. The van der Waals surface area contributed by atoms with Gasteiger partial charge in [-0.15, -0.1) is 0 Å². The zero-order valence-corrected chi connectivity index (χ0v) is 9.11. The van der Waals surface area contributed by atoms with Crippen LogP contribution in [0.2, 0.25) is 0 Å². The number of carbonyl (C=O) groups excluding carboxylic acids is 1. The minimum atomic E-state index is 0.0993. The largest absolute Gasteiger partial charge is 0.370 e. The molecule has 0 aromatic carbocycles. The first-order valence-electron chi connectivity index (χ1n) is 3.92. The number of Topliss-reactive ketones (excluding diaryl/α,β-unsaturated/α-hetero) is 1. The third-order valence-electron chi connectivity index (χ3n) is 1.18. The molecule has 0 bridgehead atoms. The van der Waals surface area contributed by atoms with Gasteiger partial charge in [-0.05, 0) is 5.75 Å². The minimum absolute atomic E-state index is 0.0993. The lowest BCUT2D eigenvalue weighted by molar-refractivity contribution is -0.116. The number of aliphatic imine (C=N–C) groups is 1. The van der Waals surface area contributed by atoms with Gasteiger partial charge in [0.25, 0.3) is 0 Å². The molecule has 0 radical (unpaired) electrons. The van der Waals surface area contributed by atoms with E-state index in [1.807, 2.05) is 0 Å². The Morgan fingerprint density at radius 3 is 2.69 bits per heavy atom. The summed E-state index contributed by atoms with van der Waals surface area (Å²) in [5, 5.41) is 0. The van der Waals surface area contributed by atoms with Crippen molar-refractivity contribution in [2.75, 3.05) is 23.8 Å². The van der Waals surface area contributed by atoms with Crippen LogP contribution in [0, 0.1) is 0 Å². The van der Waals surface area contributed by atoms with Crippen LogP contribution in [-0.2, 0) is 4.79 Å². The normalized spacial score (nSPS) is 9.62. The Morgan fingerprint density at radius 1 is 1.46 bits per heavy atom. The average Bonchev–Trinajstić information content (AvgIpc) is 2.03. The van der Waals surface area contributed by atoms with E-state index < -0.39 is 0 Å². The second-order valence-corrected chi connectivity index (χ2v) is 3.92. The topological polar surface area (TPSA) is 81.5 Å². The summed E-state index contributed by atoms with van der Waals surface area (Å²) < 4.78 is 0. The van der Waals surface area contributed by atoms with E-state index in [1.165, 1.54) is 0 Å². The van der Waals surface area contributed by atoms with E-state index in [2.05, 4.69) is 17.6 Å². The second kappa shape index (κ2) is 8.25. The predicted molar refractivity (Wildman–Crippen MR) is 61.5 cm³/mol. The molecule has 0 fully saturated rings. The van der Waals surface area contributed by atoms with Crippen molar-refractivity contribution in [3.8, 4) is 0 Å². The SMILES string of the molecule is NC(N)=NCCSCC(=O)CCS. The zero-order valence-electron chi connectivity index (χ0n) is 7.40. The van der Waals surface area contributed by atoms with Crippen LogP contribution in [0.25, 0.3) is 0 Å².